The van der Waals surface area contributed by atoms with Crippen LogP contribution in [0.5, 0.6) is 0 Å². The molecule has 1 aliphatic heterocycles. The summed E-state index contributed by atoms with van der Waals surface area (Å²) in [6, 6.07) is 2.83. The van der Waals surface area contributed by atoms with Gasteiger partial charge in [0, 0.05) is 37.2 Å². The molecule has 3 aromatic rings. The Labute approximate surface area is 205 Å². The van der Waals surface area contributed by atoms with Crippen LogP contribution in [0.2, 0.25) is 0 Å². The van der Waals surface area contributed by atoms with Crippen LogP contribution in [0, 0.1) is 12.7 Å². The minimum Gasteiger partial charge on any atom is -0.444 e. The fourth-order valence-corrected chi connectivity index (χ4v) is 4.31. The second-order valence-electron chi connectivity index (χ2n) is 9.33. The van der Waals surface area contributed by atoms with Gasteiger partial charge in [0.15, 0.2) is 5.65 Å². The quantitative estimate of drug-likeness (QED) is 0.530. The summed E-state index contributed by atoms with van der Waals surface area (Å²) >= 11 is 0. The lowest BCUT2D eigenvalue weighted by Crippen LogP contribution is -2.42. The van der Waals surface area contributed by atoms with Gasteiger partial charge in [-0.3, -0.25) is 19.3 Å². The maximum absolute atomic E-state index is 14.3. The number of fused-ring (bicyclic) bond motifs is 1. The average molecular weight is 484 g/mol. The standard InChI is InChI=1S/C24H28FN5O3.C2H6/c1-15-19(16-7-12-29(13-8-16)23(32)33-24(2,3)4)22(31)30(21-20(15)27-10-11-28-21)14-18-17(25)6-5-9-26-18;1-2/h5-6,9-11,16H,7-8,12-14H2,1-4H3;1-2H3. The second kappa shape index (κ2) is 10.9. The molecule has 0 saturated carbocycles. The lowest BCUT2D eigenvalue weighted by molar-refractivity contribution is 0.0204. The average Bonchev–Trinajstić information content (AvgIpc) is 2.83. The van der Waals surface area contributed by atoms with Crippen molar-refractivity contribution in [1.29, 1.82) is 0 Å². The number of ether oxygens (including phenoxy) is 1. The highest BCUT2D eigenvalue weighted by molar-refractivity contribution is 5.75. The second-order valence-corrected chi connectivity index (χ2v) is 9.33. The number of carbonyl (C=O) groups excluding carboxylic acids is 1. The van der Waals surface area contributed by atoms with Crippen LogP contribution in [0.3, 0.4) is 0 Å². The van der Waals surface area contributed by atoms with E-state index in [9.17, 15) is 14.0 Å². The SMILES string of the molecule is CC.Cc1c(C2CCN(C(=O)OC(C)(C)C)CC2)c(=O)n(Cc2ncccc2F)c2nccnc12. The third kappa shape index (κ3) is 5.83. The van der Waals surface area contributed by atoms with Gasteiger partial charge in [0.2, 0.25) is 0 Å². The number of hydrogen-bond acceptors (Lipinski definition) is 6. The fourth-order valence-electron chi connectivity index (χ4n) is 4.31. The van der Waals surface area contributed by atoms with E-state index in [0.717, 1.165) is 5.56 Å². The number of pyridine rings is 2. The van der Waals surface area contributed by atoms with Crippen LogP contribution in [-0.4, -0.2) is 49.2 Å². The van der Waals surface area contributed by atoms with Gasteiger partial charge >= 0.3 is 6.09 Å². The highest BCUT2D eigenvalue weighted by Crippen LogP contribution is 2.31. The number of likely N-dealkylation sites (tertiary alicyclic amines) is 1. The highest BCUT2D eigenvalue weighted by Gasteiger charge is 2.31. The molecular weight excluding hydrogens is 449 g/mol. The Balaban J connectivity index is 0.00000167. The summed E-state index contributed by atoms with van der Waals surface area (Å²) in [5.41, 5.74) is 1.82. The summed E-state index contributed by atoms with van der Waals surface area (Å²) < 4.78 is 21.2. The van der Waals surface area contributed by atoms with Gasteiger partial charge in [0.25, 0.3) is 5.56 Å². The molecule has 0 radical (unpaired) electrons. The first-order valence-corrected chi connectivity index (χ1v) is 12.1. The van der Waals surface area contributed by atoms with E-state index in [-0.39, 0.29) is 29.8 Å². The van der Waals surface area contributed by atoms with Crippen molar-refractivity contribution in [2.75, 3.05) is 13.1 Å². The molecule has 1 saturated heterocycles. The minimum atomic E-state index is -0.560. The summed E-state index contributed by atoms with van der Waals surface area (Å²) in [4.78, 5) is 40.7. The topological polar surface area (TPSA) is 90.2 Å². The third-order valence-electron chi connectivity index (χ3n) is 5.87. The lowest BCUT2D eigenvalue weighted by Gasteiger charge is -2.34. The Bertz CT molecular complexity index is 1240. The van der Waals surface area contributed by atoms with Crippen LogP contribution < -0.4 is 5.56 Å². The zero-order valence-corrected chi connectivity index (χ0v) is 21.3. The van der Waals surface area contributed by atoms with Gasteiger partial charge < -0.3 is 9.64 Å². The van der Waals surface area contributed by atoms with Gasteiger partial charge in [0.1, 0.15) is 16.9 Å². The van der Waals surface area contributed by atoms with Crippen LogP contribution in [0.25, 0.3) is 11.2 Å². The van der Waals surface area contributed by atoms with Gasteiger partial charge in [-0.2, -0.15) is 0 Å². The van der Waals surface area contributed by atoms with Gasteiger partial charge in [-0.05, 0) is 64.2 Å². The molecule has 0 bridgehead atoms. The maximum atomic E-state index is 14.3. The van der Waals surface area contributed by atoms with E-state index in [2.05, 4.69) is 15.0 Å². The van der Waals surface area contributed by atoms with E-state index in [0.29, 0.717) is 42.7 Å². The molecule has 1 amide bonds. The molecule has 3 aromatic heterocycles. The van der Waals surface area contributed by atoms with E-state index in [4.69, 9.17) is 4.74 Å². The molecule has 0 unspecified atom stereocenters. The Morgan fingerprint density at radius 3 is 2.40 bits per heavy atom. The van der Waals surface area contributed by atoms with Gasteiger partial charge in [-0.1, -0.05) is 13.8 Å². The van der Waals surface area contributed by atoms with Crippen LogP contribution in [-0.2, 0) is 11.3 Å². The largest absolute Gasteiger partial charge is 0.444 e. The maximum Gasteiger partial charge on any atom is 0.410 e. The molecule has 188 valence electrons. The van der Waals surface area contributed by atoms with Crippen LogP contribution in [0.4, 0.5) is 9.18 Å². The monoisotopic (exact) mass is 483 g/mol. The van der Waals surface area contributed by atoms with Crippen LogP contribution in [0.1, 0.15) is 70.2 Å². The van der Waals surface area contributed by atoms with Crippen molar-refractivity contribution in [3.05, 3.63) is 63.7 Å². The first-order chi connectivity index (χ1) is 16.7. The number of aryl methyl sites for hydroxylation is 1. The molecule has 0 spiro atoms. The molecular formula is C26H34FN5O3. The molecule has 1 fully saturated rings. The molecule has 8 nitrogen and oxygen atoms in total. The normalized spacial score (nSPS) is 14.4. The van der Waals surface area contributed by atoms with Crippen molar-refractivity contribution in [2.24, 2.45) is 0 Å². The molecule has 0 atom stereocenters. The smallest absolute Gasteiger partial charge is 0.410 e. The zero-order valence-electron chi connectivity index (χ0n) is 21.3. The molecule has 9 heteroatoms. The van der Waals surface area contributed by atoms with Gasteiger partial charge in [0.05, 0.1) is 12.2 Å². The predicted molar refractivity (Wildman–Crippen MR) is 133 cm³/mol. The number of carbonyl (C=O) groups is 1. The fraction of sp³-hybridized carbons (Fsp3) is 0.500. The van der Waals surface area contributed by atoms with Crippen molar-refractivity contribution in [1.82, 2.24) is 24.4 Å². The first-order valence-electron chi connectivity index (χ1n) is 12.1. The zero-order chi connectivity index (χ0) is 25.8. The van der Waals surface area contributed by atoms with Gasteiger partial charge in [-0.15, -0.1) is 0 Å². The van der Waals surface area contributed by atoms with E-state index >= 15 is 0 Å². The Morgan fingerprint density at radius 2 is 1.77 bits per heavy atom. The summed E-state index contributed by atoms with van der Waals surface area (Å²) in [6.07, 6.45) is 5.51. The van der Waals surface area contributed by atoms with Crippen molar-refractivity contribution in [3.8, 4) is 0 Å². The Kier molecular flexibility index (Phi) is 8.19. The summed E-state index contributed by atoms with van der Waals surface area (Å²) in [6.45, 7) is 12.3. The minimum absolute atomic E-state index is 0.0370. The number of halogens is 1. The van der Waals surface area contributed by atoms with Crippen molar-refractivity contribution in [2.45, 2.75) is 72.4 Å². The van der Waals surface area contributed by atoms with Crippen molar-refractivity contribution < 1.29 is 13.9 Å². The van der Waals surface area contributed by atoms with Crippen LogP contribution >= 0.6 is 0 Å². The van der Waals surface area contributed by atoms with Crippen LogP contribution in [0.15, 0.2) is 35.5 Å². The van der Waals surface area contributed by atoms with Crippen molar-refractivity contribution in [3.63, 3.8) is 0 Å². The van der Waals surface area contributed by atoms with E-state index in [1.165, 1.54) is 29.1 Å². The molecule has 0 aliphatic carbocycles. The molecule has 4 heterocycles. The van der Waals surface area contributed by atoms with Gasteiger partial charge in [-0.25, -0.2) is 14.2 Å². The molecule has 1 aliphatic rings. The molecule has 35 heavy (non-hydrogen) atoms. The van der Waals surface area contributed by atoms with E-state index in [1.54, 1.807) is 11.1 Å². The summed E-state index contributed by atoms with van der Waals surface area (Å²) in [7, 11) is 0. The number of hydrogen-bond donors (Lipinski definition) is 0. The predicted octanol–water partition coefficient (Wildman–Crippen LogP) is 4.82. The Morgan fingerprint density at radius 1 is 1.11 bits per heavy atom. The molecule has 0 N–H and O–H groups in total. The number of piperidine rings is 1. The first kappa shape index (κ1) is 26.2. The number of nitrogens with zero attached hydrogens (tertiary/aromatic N) is 5. The third-order valence-corrected chi connectivity index (χ3v) is 5.87. The Hall–Kier alpha value is -3.36. The lowest BCUT2D eigenvalue weighted by atomic mass is 9.87. The van der Waals surface area contributed by atoms with E-state index < -0.39 is 11.4 Å². The summed E-state index contributed by atoms with van der Waals surface area (Å²) in [5, 5.41) is 0. The number of rotatable bonds is 3. The van der Waals surface area contributed by atoms with Crippen molar-refractivity contribution >= 4 is 17.3 Å². The number of amides is 1. The number of aromatic nitrogens is 4. The molecule has 0 aromatic carbocycles. The van der Waals surface area contributed by atoms with E-state index in [1.807, 2.05) is 41.5 Å². The molecule has 4 rings (SSSR count). The highest BCUT2D eigenvalue weighted by atomic mass is 19.1. The summed E-state index contributed by atoms with van der Waals surface area (Å²) in [5.74, 6) is -0.531.